The summed E-state index contributed by atoms with van der Waals surface area (Å²) in [5, 5.41) is 12.6. The fourth-order valence-corrected chi connectivity index (χ4v) is 2.43. The molecule has 0 aromatic heterocycles. The van der Waals surface area contributed by atoms with Crippen LogP contribution < -0.4 is 5.32 Å². The Balaban J connectivity index is 2.48. The molecular formula is C15H17NO4. The van der Waals surface area contributed by atoms with Gasteiger partial charge in [0, 0.05) is 23.6 Å². The minimum absolute atomic E-state index is 0.0711. The van der Waals surface area contributed by atoms with Crippen LogP contribution in [0.25, 0.3) is 0 Å². The molecule has 0 saturated carbocycles. The SMILES string of the molecule is CCOC(=O)C1=C(C)NC(=O)CC1c1ccccc1O. The Kier molecular flexibility index (Phi) is 4.08. The van der Waals surface area contributed by atoms with E-state index < -0.39 is 11.9 Å². The third-order valence-corrected chi connectivity index (χ3v) is 3.28. The van der Waals surface area contributed by atoms with Gasteiger partial charge in [0.1, 0.15) is 5.75 Å². The number of nitrogens with one attached hydrogen (secondary N) is 1. The van der Waals surface area contributed by atoms with Gasteiger partial charge < -0.3 is 15.2 Å². The number of phenols is 1. The van der Waals surface area contributed by atoms with Crippen LogP contribution in [0, 0.1) is 0 Å². The Morgan fingerprint density at radius 3 is 2.80 bits per heavy atom. The van der Waals surface area contributed by atoms with Crippen molar-refractivity contribution in [2.45, 2.75) is 26.2 Å². The number of para-hydroxylation sites is 1. The largest absolute Gasteiger partial charge is 0.508 e. The van der Waals surface area contributed by atoms with Gasteiger partial charge in [-0.25, -0.2) is 4.79 Å². The standard InChI is InChI=1S/C15H17NO4/c1-3-20-15(19)14-9(2)16-13(18)8-11(14)10-6-4-5-7-12(10)17/h4-7,11,17H,3,8H2,1-2H3,(H,16,18). The van der Waals surface area contributed by atoms with Crippen molar-refractivity contribution in [2.75, 3.05) is 6.61 Å². The van der Waals surface area contributed by atoms with Crippen LogP contribution in [-0.4, -0.2) is 23.6 Å². The van der Waals surface area contributed by atoms with E-state index in [1.165, 1.54) is 0 Å². The van der Waals surface area contributed by atoms with Crippen LogP contribution in [0.3, 0.4) is 0 Å². The summed E-state index contributed by atoms with van der Waals surface area (Å²) < 4.78 is 5.05. The number of amides is 1. The van der Waals surface area contributed by atoms with Crippen molar-refractivity contribution in [3.63, 3.8) is 0 Å². The molecule has 0 bridgehead atoms. The number of aromatic hydroxyl groups is 1. The third kappa shape index (κ3) is 2.66. The van der Waals surface area contributed by atoms with E-state index in [0.29, 0.717) is 16.8 Å². The summed E-state index contributed by atoms with van der Waals surface area (Å²) >= 11 is 0. The van der Waals surface area contributed by atoms with Crippen LogP contribution in [0.2, 0.25) is 0 Å². The van der Waals surface area contributed by atoms with Gasteiger partial charge in [-0.3, -0.25) is 4.79 Å². The number of rotatable bonds is 3. The summed E-state index contributed by atoms with van der Waals surface area (Å²) in [6.07, 6.45) is 0.114. The average molecular weight is 275 g/mol. The molecule has 2 N–H and O–H groups in total. The van der Waals surface area contributed by atoms with Crippen LogP contribution in [0.1, 0.15) is 31.7 Å². The monoisotopic (exact) mass is 275 g/mol. The molecule has 1 aliphatic heterocycles. The Morgan fingerprint density at radius 1 is 1.45 bits per heavy atom. The number of ether oxygens (including phenoxy) is 1. The molecule has 1 atom stereocenters. The smallest absolute Gasteiger partial charge is 0.336 e. The molecule has 1 amide bonds. The van der Waals surface area contributed by atoms with Crippen LogP contribution in [-0.2, 0) is 14.3 Å². The van der Waals surface area contributed by atoms with Crippen molar-refractivity contribution in [1.29, 1.82) is 0 Å². The summed E-state index contributed by atoms with van der Waals surface area (Å²) in [6.45, 7) is 3.65. The van der Waals surface area contributed by atoms with Crippen LogP contribution in [0.5, 0.6) is 5.75 Å². The van der Waals surface area contributed by atoms with Crippen LogP contribution in [0.15, 0.2) is 35.5 Å². The number of esters is 1. The quantitative estimate of drug-likeness (QED) is 0.825. The van der Waals surface area contributed by atoms with Gasteiger partial charge in [-0.15, -0.1) is 0 Å². The number of allylic oxidation sites excluding steroid dienone is 1. The summed E-state index contributed by atoms with van der Waals surface area (Å²) in [6, 6.07) is 6.72. The first kappa shape index (κ1) is 14.1. The molecule has 1 aliphatic rings. The molecule has 0 spiro atoms. The highest BCUT2D eigenvalue weighted by Gasteiger charge is 2.33. The molecule has 1 aromatic rings. The Bertz CT molecular complexity index is 577. The molecule has 1 heterocycles. The fourth-order valence-electron chi connectivity index (χ4n) is 2.43. The van der Waals surface area contributed by atoms with Gasteiger partial charge in [-0.1, -0.05) is 18.2 Å². The average Bonchev–Trinajstić information content (AvgIpc) is 2.38. The van der Waals surface area contributed by atoms with Gasteiger partial charge in [0.25, 0.3) is 0 Å². The molecule has 0 aliphatic carbocycles. The highest BCUT2D eigenvalue weighted by atomic mass is 16.5. The molecule has 0 radical (unpaired) electrons. The predicted molar refractivity (Wildman–Crippen MR) is 72.9 cm³/mol. The molecule has 0 fully saturated rings. The van der Waals surface area contributed by atoms with Crippen molar-refractivity contribution in [3.8, 4) is 5.75 Å². The number of carbonyl (C=O) groups excluding carboxylic acids is 2. The number of carbonyl (C=O) groups is 2. The molecule has 0 saturated heterocycles. The van der Waals surface area contributed by atoms with E-state index >= 15 is 0 Å². The second kappa shape index (κ2) is 5.77. The third-order valence-electron chi connectivity index (χ3n) is 3.28. The maximum atomic E-state index is 12.1. The summed E-state index contributed by atoms with van der Waals surface area (Å²) in [4.78, 5) is 23.8. The van der Waals surface area contributed by atoms with E-state index in [2.05, 4.69) is 5.32 Å². The van der Waals surface area contributed by atoms with E-state index in [4.69, 9.17) is 4.74 Å². The lowest BCUT2D eigenvalue weighted by Gasteiger charge is -2.26. The number of hydrogen-bond acceptors (Lipinski definition) is 4. The minimum atomic E-state index is -0.482. The maximum Gasteiger partial charge on any atom is 0.336 e. The van der Waals surface area contributed by atoms with E-state index in [1.54, 1.807) is 38.1 Å². The van der Waals surface area contributed by atoms with E-state index in [-0.39, 0.29) is 24.7 Å². The molecule has 20 heavy (non-hydrogen) atoms. The van der Waals surface area contributed by atoms with Gasteiger partial charge in [-0.2, -0.15) is 0 Å². The van der Waals surface area contributed by atoms with Gasteiger partial charge in [0.2, 0.25) is 5.91 Å². The van der Waals surface area contributed by atoms with Crippen LogP contribution >= 0.6 is 0 Å². The van der Waals surface area contributed by atoms with Crippen LogP contribution in [0.4, 0.5) is 0 Å². The van der Waals surface area contributed by atoms with Crippen molar-refractivity contribution < 1.29 is 19.4 Å². The first-order chi connectivity index (χ1) is 9.54. The van der Waals surface area contributed by atoms with Crippen molar-refractivity contribution in [1.82, 2.24) is 5.32 Å². The lowest BCUT2D eigenvalue weighted by Crippen LogP contribution is -2.34. The Hall–Kier alpha value is -2.30. The summed E-state index contributed by atoms with van der Waals surface area (Å²) in [7, 11) is 0. The highest BCUT2D eigenvalue weighted by molar-refractivity contribution is 5.96. The number of benzene rings is 1. The number of phenolic OH excluding ortho intramolecular Hbond substituents is 1. The molecule has 2 rings (SSSR count). The van der Waals surface area contributed by atoms with E-state index in [0.717, 1.165) is 0 Å². The molecular weight excluding hydrogens is 258 g/mol. The molecule has 5 heteroatoms. The molecule has 1 unspecified atom stereocenters. The lowest BCUT2D eigenvalue weighted by atomic mass is 9.84. The zero-order chi connectivity index (χ0) is 14.7. The topological polar surface area (TPSA) is 75.6 Å². The molecule has 5 nitrogen and oxygen atoms in total. The lowest BCUT2D eigenvalue weighted by molar-refractivity contribution is -0.139. The van der Waals surface area contributed by atoms with Crippen molar-refractivity contribution >= 4 is 11.9 Å². The molecule has 106 valence electrons. The van der Waals surface area contributed by atoms with Gasteiger partial charge >= 0.3 is 5.97 Å². The first-order valence-corrected chi connectivity index (χ1v) is 6.50. The van der Waals surface area contributed by atoms with Gasteiger partial charge in [0.05, 0.1) is 12.2 Å². The fraction of sp³-hybridized carbons (Fsp3) is 0.333. The second-order valence-corrected chi connectivity index (χ2v) is 4.62. The highest BCUT2D eigenvalue weighted by Crippen LogP contribution is 2.37. The minimum Gasteiger partial charge on any atom is -0.508 e. The summed E-state index contributed by atoms with van der Waals surface area (Å²) in [5.41, 5.74) is 1.44. The maximum absolute atomic E-state index is 12.1. The second-order valence-electron chi connectivity index (χ2n) is 4.62. The predicted octanol–water partition coefficient (Wildman–Crippen LogP) is 1.83. The van der Waals surface area contributed by atoms with E-state index in [9.17, 15) is 14.7 Å². The van der Waals surface area contributed by atoms with E-state index in [1.807, 2.05) is 0 Å². The number of hydrogen-bond donors (Lipinski definition) is 2. The van der Waals surface area contributed by atoms with Crippen molar-refractivity contribution in [3.05, 3.63) is 41.1 Å². The molecule has 1 aromatic carbocycles. The first-order valence-electron chi connectivity index (χ1n) is 6.50. The van der Waals surface area contributed by atoms with Gasteiger partial charge in [-0.05, 0) is 19.9 Å². The van der Waals surface area contributed by atoms with Crippen molar-refractivity contribution in [2.24, 2.45) is 0 Å². The Labute approximate surface area is 117 Å². The van der Waals surface area contributed by atoms with Gasteiger partial charge in [0.15, 0.2) is 0 Å². The zero-order valence-corrected chi connectivity index (χ0v) is 11.5. The normalized spacial score (nSPS) is 18.7. The summed E-state index contributed by atoms with van der Waals surface area (Å²) in [5.74, 6) is -1.05. The zero-order valence-electron chi connectivity index (χ0n) is 11.5. The Morgan fingerprint density at radius 2 is 2.15 bits per heavy atom.